The van der Waals surface area contributed by atoms with Gasteiger partial charge in [-0.05, 0) is 44.0 Å². The summed E-state index contributed by atoms with van der Waals surface area (Å²) in [6.07, 6.45) is 4.51. The van der Waals surface area contributed by atoms with E-state index >= 15 is 0 Å². The van der Waals surface area contributed by atoms with Crippen LogP contribution in [0.25, 0.3) is 0 Å². The highest BCUT2D eigenvalue weighted by Crippen LogP contribution is 2.38. The number of aliphatic hydroxyl groups is 1. The Kier molecular flexibility index (Phi) is 7.30. The maximum Gasteiger partial charge on any atom is 0.125 e. The van der Waals surface area contributed by atoms with Crippen LogP contribution < -0.4 is 4.74 Å². The van der Waals surface area contributed by atoms with Crippen LogP contribution in [0.5, 0.6) is 5.75 Å². The SMILES string of the molecule is COc1ccccc1C(O)(CCN1CCCCC1)c1ccccc1.Cl. The second-order valence-electron chi connectivity index (χ2n) is 6.58. The zero-order valence-electron chi connectivity index (χ0n) is 14.9. The number of hydrogen-bond donors (Lipinski definition) is 1. The summed E-state index contributed by atoms with van der Waals surface area (Å²) in [4.78, 5) is 2.47. The number of benzene rings is 2. The van der Waals surface area contributed by atoms with E-state index in [0.717, 1.165) is 36.5 Å². The molecule has 3 nitrogen and oxygen atoms in total. The van der Waals surface area contributed by atoms with E-state index in [2.05, 4.69) is 4.90 Å². The molecule has 1 heterocycles. The van der Waals surface area contributed by atoms with Crippen molar-refractivity contribution in [3.8, 4) is 5.75 Å². The van der Waals surface area contributed by atoms with Gasteiger partial charge in [0.1, 0.15) is 11.4 Å². The molecule has 1 unspecified atom stereocenters. The van der Waals surface area contributed by atoms with Crippen LogP contribution in [-0.4, -0.2) is 36.8 Å². The quantitative estimate of drug-likeness (QED) is 0.835. The predicted molar refractivity (Wildman–Crippen MR) is 105 cm³/mol. The van der Waals surface area contributed by atoms with E-state index < -0.39 is 5.60 Å². The molecule has 1 saturated heterocycles. The summed E-state index contributed by atoms with van der Waals surface area (Å²) >= 11 is 0. The first-order valence-corrected chi connectivity index (χ1v) is 8.88. The number of halogens is 1. The second-order valence-corrected chi connectivity index (χ2v) is 6.58. The molecule has 1 fully saturated rings. The van der Waals surface area contributed by atoms with Crippen LogP contribution in [0.15, 0.2) is 54.6 Å². The van der Waals surface area contributed by atoms with E-state index in [-0.39, 0.29) is 12.4 Å². The molecular weight excluding hydrogens is 334 g/mol. The van der Waals surface area contributed by atoms with Crippen LogP contribution >= 0.6 is 12.4 Å². The summed E-state index contributed by atoms with van der Waals surface area (Å²) in [6.45, 7) is 3.16. The number of likely N-dealkylation sites (tertiary alicyclic amines) is 1. The molecule has 0 spiro atoms. The Hall–Kier alpha value is -1.55. The van der Waals surface area contributed by atoms with E-state index in [1.54, 1.807) is 7.11 Å². The molecule has 25 heavy (non-hydrogen) atoms. The molecular formula is C21H28ClNO2. The zero-order chi connectivity index (χ0) is 16.8. The summed E-state index contributed by atoms with van der Waals surface area (Å²) in [5, 5.41) is 11.7. The van der Waals surface area contributed by atoms with Gasteiger partial charge in [-0.25, -0.2) is 0 Å². The first-order valence-electron chi connectivity index (χ1n) is 8.88. The molecule has 0 bridgehead atoms. The molecule has 1 N–H and O–H groups in total. The lowest BCUT2D eigenvalue weighted by Gasteiger charge is -2.34. The summed E-state index contributed by atoms with van der Waals surface area (Å²) in [7, 11) is 1.66. The molecule has 136 valence electrons. The van der Waals surface area contributed by atoms with E-state index in [9.17, 15) is 5.11 Å². The first-order chi connectivity index (χ1) is 11.7. The van der Waals surface area contributed by atoms with Crippen LogP contribution in [0, 0.1) is 0 Å². The van der Waals surface area contributed by atoms with Gasteiger partial charge in [0, 0.05) is 12.1 Å². The van der Waals surface area contributed by atoms with Crippen molar-refractivity contribution in [3.05, 3.63) is 65.7 Å². The lowest BCUT2D eigenvalue weighted by atomic mass is 9.82. The van der Waals surface area contributed by atoms with Crippen molar-refractivity contribution in [2.24, 2.45) is 0 Å². The Balaban J connectivity index is 0.00000225. The smallest absolute Gasteiger partial charge is 0.125 e. The molecule has 0 amide bonds. The van der Waals surface area contributed by atoms with Crippen LogP contribution in [0.2, 0.25) is 0 Å². The van der Waals surface area contributed by atoms with Gasteiger partial charge < -0.3 is 14.7 Å². The van der Waals surface area contributed by atoms with Crippen LogP contribution in [-0.2, 0) is 5.60 Å². The fourth-order valence-corrected chi connectivity index (χ4v) is 3.64. The Morgan fingerprint density at radius 1 is 0.960 bits per heavy atom. The minimum absolute atomic E-state index is 0. The van der Waals surface area contributed by atoms with Gasteiger partial charge in [0.25, 0.3) is 0 Å². The molecule has 0 aromatic heterocycles. The van der Waals surface area contributed by atoms with Gasteiger partial charge >= 0.3 is 0 Å². The largest absolute Gasteiger partial charge is 0.496 e. The minimum atomic E-state index is -1.04. The summed E-state index contributed by atoms with van der Waals surface area (Å²) in [6, 6.07) is 17.8. The number of methoxy groups -OCH3 is 1. The van der Waals surface area contributed by atoms with Gasteiger partial charge in [-0.3, -0.25) is 0 Å². The zero-order valence-corrected chi connectivity index (χ0v) is 15.7. The van der Waals surface area contributed by atoms with Crippen molar-refractivity contribution in [2.45, 2.75) is 31.3 Å². The number of piperidine rings is 1. The molecule has 2 aromatic carbocycles. The van der Waals surface area contributed by atoms with Gasteiger partial charge in [0.15, 0.2) is 0 Å². The van der Waals surface area contributed by atoms with Crippen LogP contribution in [0.1, 0.15) is 36.8 Å². The third-order valence-electron chi connectivity index (χ3n) is 5.04. The monoisotopic (exact) mass is 361 g/mol. The number of nitrogens with zero attached hydrogens (tertiary/aromatic N) is 1. The third-order valence-corrected chi connectivity index (χ3v) is 5.04. The van der Waals surface area contributed by atoms with E-state index in [0.29, 0.717) is 6.42 Å². The number of rotatable bonds is 6. The molecule has 1 aliphatic rings. The highest BCUT2D eigenvalue weighted by molar-refractivity contribution is 5.85. The molecule has 1 atom stereocenters. The standard InChI is InChI=1S/C21H27NO2.ClH/c1-24-20-13-7-6-12-19(20)21(23,18-10-4-2-5-11-18)14-17-22-15-8-3-9-16-22;/h2,4-7,10-13,23H,3,8-9,14-17H2,1H3;1H. The van der Waals surface area contributed by atoms with E-state index in [4.69, 9.17) is 4.74 Å². The van der Waals surface area contributed by atoms with Crippen LogP contribution in [0.3, 0.4) is 0 Å². The Morgan fingerprint density at radius 3 is 2.28 bits per heavy atom. The summed E-state index contributed by atoms with van der Waals surface area (Å²) < 4.78 is 5.53. The van der Waals surface area contributed by atoms with Gasteiger partial charge in [-0.2, -0.15) is 0 Å². The Morgan fingerprint density at radius 2 is 1.60 bits per heavy atom. The summed E-state index contributed by atoms with van der Waals surface area (Å²) in [5.41, 5.74) is 0.730. The fraction of sp³-hybridized carbons (Fsp3) is 0.429. The van der Waals surface area contributed by atoms with Crippen molar-refractivity contribution < 1.29 is 9.84 Å². The van der Waals surface area contributed by atoms with Crippen molar-refractivity contribution in [3.63, 3.8) is 0 Å². The molecule has 0 saturated carbocycles. The van der Waals surface area contributed by atoms with Crippen molar-refractivity contribution >= 4 is 12.4 Å². The van der Waals surface area contributed by atoms with E-state index in [1.165, 1.54) is 19.3 Å². The highest BCUT2D eigenvalue weighted by Gasteiger charge is 2.34. The highest BCUT2D eigenvalue weighted by atomic mass is 35.5. The molecule has 3 rings (SSSR count). The third kappa shape index (κ3) is 4.55. The molecule has 2 aromatic rings. The summed E-state index contributed by atoms with van der Waals surface area (Å²) in [5.74, 6) is 0.738. The lowest BCUT2D eigenvalue weighted by Crippen LogP contribution is -2.37. The maximum atomic E-state index is 11.7. The predicted octanol–water partition coefficient (Wildman–Crippen LogP) is 4.23. The topological polar surface area (TPSA) is 32.7 Å². The average Bonchev–Trinajstić information content (AvgIpc) is 2.67. The molecule has 0 radical (unpaired) electrons. The Bertz CT molecular complexity index is 643. The van der Waals surface area contributed by atoms with Crippen molar-refractivity contribution in [1.29, 1.82) is 0 Å². The maximum absolute atomic E-state index is 11.7. The van der Waals surface area contributed by atoms with Crippen LogP contribution in [0.4, 0.5) is 0 Å². The minimum Gasteiger partial charge on any atom is -0.496 e. The number of hydrogen-bond acceptors (Lipinski definition) is 3. The molecule has 1 aliphatic heterocycles. The number of para-hydroxylation sites is 1. The first kappa shape index (κ1) is 19.8. The Labute approximate surface area is 157 Å². The van der Waals surface area contributed by atoms with Gasteiger partial charge in [-0.15, -0.1) is 12.4 Å². The van der Waals surface area contributed by atoms with Gasteiger partial charge in [0.2, 0.25) is 0 Å². The average molecular weight is 362 g/mol. The number of ether oxygens (including phenoxy) is 1. The lowest BCUT2D eigenvalue weighted by molar-refractivity contribution is 0.0523. The van der Waals surface area contributed by atoms with Gasteiger partial charge in [-0.1, -0.05) is 55.0 Å². The second kappa shape index (κ2) is 9.23. The fourth-order valence-electron chi connectivity index (χ4n) is 3.64. The van der Waals surface area contributed by atoms with Gasteiger partial charge in [0.05, 0.1) is 7.11 Å². The van der Waals surface area contributed by atoms with Crippen molar-refractivity contribution in [2.75, 3.05) is 26.7 Å². The normalized spacial score (nSPS) is 17.4. The van der Waals surface area contributed by atoms with E-state index in [1.807, 2.05) is 54.6 Å². The molecule has 0 aliphatic carbocycles. The van der Waals surface area contributed by atoms with Crippen molar-refractivity contribution in [1.82, 2.24) is 4.90 Å². The molecule has 4 heteroatoms.